The van der Waals surface area contributed by atoms with Crippen molar-refractivity contribution in [3.05, 3.63) is 22.7 Å². The Morgan fingerprint density at radius 2 is 1.95 bits per heavy atom. The highest BCUT2D eigenvalue weighted by Crippen LogP contribution is 2.33. The van der Waals surface area contributed by atoms with Crippen LogP contribution in [-0.4, -0.2) is 25.8 Å². The molecule has 1 aromatic rings. The lowest BCUT2D eigenvalue weighted by Crippen LogP contribution is -2.32. The second-order valence-electron chi connectivity index (χ2n) is 6.11. The fraction of sp³-hybridized carbons (Fsp3) is 0.571. The van der Waals surface area contributed by atoms with E-state index in [1.54, 1.807) is 22.5 Å². The standard InChI is InChI=1S/C14H21BrN2O2S/c1-14(2)6-3-8-17(9-7-14)20(18,19)13-5-4-11(16)10-12(13)15/h4-5,10H,3,6-9,16H2,1-2H3. The van der Waals surface area contributed by atoms with Crippen LogP contribution >= 0.6 is 15.9 Å². The second kappa shape index (κ2) is 5.66. The molecular weight excluding hydrogens is 340 g/mol. The number of benzene rings is 1. The lowest BCUT2D eigenvalue weighted by Gasteiger charge is -2.23. The molecule has 20 heavy (non-hydrogen) atoms. The van der Waals surface area contributed by atoms with Crippen LogP contribution in [0.15, 0.2) is 27.6 Å². The van der Waals surface area contributed by atoms with E-state index in [0.29, 0.717) is 28.1 Å². The Morgan fingerprint density at radius 3 is 2.60 bits per heavy atom. The number of nitrogen functional groups attached to an aromatic ring is 1. The molecular formula is C14H21BrN2O2S. The molecule has 0 atom stereocenters. The van der Waals surface area contributed by atoms with E-state index in [1.807, 2.05) is 0 Å². The van der Waals surface area contributed by atoms with E-state index in [-0.39, 0.29) is 5.41 Å². The lowest BCUT2D eigenvalue weighted by atomic mass is 9.85. The number of hydrogen-bond donors (Lipinski definition) is 1. The number of nitrogens with two attached hydrogens (primary N) is 1. The molecule has 0 radical (unpaired) electrons. The molecule has 0 amide bonds. The predicted octanol–water partition coefficient (Wildman–Crippen LogP) is 3.23. The van der Waals surface area contributed by atoms with Gasteiger partial charge in [-0.25, -0.2) is 8.42 Å². The van der Waals surface area contributed by atoms with Gasteiger partial charge in [-0.3, -0.25) is 0 Å². The van der Waals surface area contributed by atoms with Gasteiger partial charge in [0.15, 0.2) is 0 Å². The van der Waals surface area contributed by atoms with Crippen molar-refractivity contribution in [2.45, 2.75) is 38.0 Å². The van der Waals surface area contributed by atoms with Gasteiger partial charge < -0.3 is 5.73 Å². The van der Waals surface area contributed by atoms with Gasteiger partial charge in [-0.15, -0.1) is 0 Å². The molecule has 1 aromatic carbocycles. The van der Waals surface area contributed by atoms with E-state index in [9.17, 15) is 8.42 Å². The molecule has 0 unspecified atom stereocenters. The van der Waals surface area contributed by atoms with E-state index in [0.717, 1.165) is 19.3 Å². The van der Waals surface area contributed by atoms with E-state index in [1.165, 1.54) is 0 Å². The Bertz CT molecular complexity index is 599. The van der Waals surface area contributed by atoms with Crippen LogP contribution in [0.3, 0.4) is 0 Å². The molecule has 112 valence electrons. The molecule has 1 heterocycles. The Morgan fingerprint density at radius 1 is 1.25 bits per heavy atom. The van der Waals surface area contributed by atoms with Crippen molar-refractivity contribution in [1.29, 1.82) is 0 Å². The van der Waals surface area contributed by atoms with Gasteiger partial charge in [-0.05, 0) is 58.8 Å². The van der Waals surface area contributed by atoms with E-state index in [4.69, 9.17) is 5.73 Å². The first-order valence-corrected chi connectivity index (χ1v) is 9.01. The fourth-order valence-electron chi connectivity index (χ4n) is 2.50. The largest absolute Gasteiger partial charge is 0.399 e. The highest BCUT2D eigenvalue weighted by atomic mass is 79.9. The van der Waals surface area contributed by atoms with E-state index in [2.05, 4.69) is 29.8 Å². The highest BCUT2D eigenvalue weighted by Gasteiger charge is 2.31. The summed E-state index contributed by atoms with van der Waals surface area (Å²) in [4.78, 5) is 0.298. The zero-order valence-electron chi connectivity index (χ0n) is 11.9. The van der Waals surface area contributed by atoms with Crippen LogP contribution in [0.2, 0.25) is 0 Å². The summed E-state index contributed by atoms with van der Waals surface area (Å²) in [5.41, 5.74) is 6.43. The number of nitrogens with zero attached hydrogens (tertiary/aromatic N) is 1. The summed E-state index contributed by atoms with van der Waals surface area (Å²) in [6.07, 6.45) is 2.85. The summed E-state index contributed by atoms with van der Waals surface area (Å²) in [6.45, 7) is 5.55. The summed E-state index contributed by atoms with van der Waals surface area (Å²) in [7, 11) is -3.45. The molecule has 1 fully saturated rings. The summed E-state index contributed by atoms with van der Waals surface area (Å²) >= 11 is 3.31. The number of sulfonamides is 1. The Labute approximate surface area is 129 Å². The lowest BCUT2D eigenvalue weighted by molar-refractivity contribution is 0.315. The first-order chi connectivity index (χ1) is 9.22. The van der Waals surface area contributed by atoms with Gasteiger partial charge in [0.1, 0.15) is 0 Å². The number of anilines is 1. The average Bonchev–Trinajstić information content (AvgIpc) is 2.50. The second-order valence-corrected chi connectivity index (χ2v) is 8.87. The summed E-state index contributed by atoms with van der Waals surface area (Å²) in [5, 5.41) is 0. The van der Waals surface area contributed by atoms with Crippen LogP contribution < -0.4 is 5.73 Å². The minimum absolute atomic E-state index is 0.211. The average molecular weight is 361 g/mol. The van der Waals surface area contributed by atoms with Crippen LogP contribution in [0, 0.1) is 5.41 Å². The number of halogens is 1. The maximum atomic E-state index is 12.7. The van der Waals surface area contributed by atoms with Crippen molar-refractivity contribution in [2.24, 2.45) is 5.41 Å². The molecule has 0 saturated carbocycles. The molecule has 0 aromatic heterocycles. The van der Waals surface area contributed by atoms with Crippen LogP contribution in [-0.2, 0) is 10.0 Å². The highest BCUT2D eigenvalue weighted by molar-refractivity contribution is 9.10. The van der Waals surface area contributed by atoms with Crippen molar-refractivity contribution in [2.75, 3.05) is 18.8 Å². The molecule has 2 N–H and O–H groups in total. The van der Waals surface area contributed by atoms with Crippen LogP contribution in [0.5, 0.6) is 0 Å². The first-order valence-electron chi connectivity index (χ1n) is 6.78. The molecule has 1 saturated heterocycles. The predicted molar refractivity (Wildman–Crippen MR) is 84.9 cm³/mol. The number of hydrogen-bond acceptors (Lipinski definition) is 3. The van der Waals surface area contributed by atoms with Crippen LogP contribution in [0.1, 0.15) is 33.1 Å². The molecule has 0 bridgehead atoms. The third-order valence-electron chi connectivity index (χ3n) is 3.87. The van der Waals surface area contributed by atoms with Crippen LogP contribution in [0.25, 0.3) is 0 Å². The maximum Gasteiger partial charge on any atom is 0.244 e. The normalized spacial score (nSPS) is 20.6. The van der Waals surface area contributed by atoms with E-state index >= 15 is 0 Å². The maximum absolute atomic E-state index is 12.7. The molecule has 0 aliphatic carbocycles. The Kier molecular flexibility index (Phi) is 4.47. The van der Waals surface area contributed by atoms with Gasteiger partial charge in [-0.1, -0.05) is 13.8 Å². The molecule has 0 spiro atoms. The van der Waals surface area contributed by atoms with Gasteiger partial charge in [0, 0.05) is 23.2 Å². The quantitative estimate of drug-likeness (QED) is 0.823. The van der Waals surface area contributed by atoms with Crippen molar-refractivity contribution < 1.29 is 8.42 Å². The van der Waals surface area contributed by atoms with Gasteiger partial charge >= 0.3 is 0 Å². The monoisotopic (exact) mass is 360 g/mol. The van der Waals surface area contributed by atoms with Gasteiger partial charge in [-0.2, -0.15) is 4.31 Å². The molecule has 2 rings (SSSR count). The van der Waals surface area contributed by atoms with Gasteiger partial charge in [0.2, 0.25) is 10.0 Å². The van der Waals surface area contributed by atoms with Crippen molar-refractivity contribution in [3.63, 3.8) is 0 Å². The fourth-order valence-corrected chi connectivity index (χ4v) is 5.04. The first kappa shape index (κ1) is 15.8. The van der Waals surface area contributed by atoms with Crippen LogP contribution in [0.4, 0.5) is 5.69 Å². The van der Waals surface area contributed by atoms with E-state index < -0.39 is 10.0 Å². The molecule has 4 nitrogen and oxygen atoms in total. The Balaban J connectivity index is 2.30. The SMILES string of the molecule is CC1(C)CCCN(S(=O)(=O)c2ccc(N)cc2Br)CC1. The topological polar surface area (TPSA) is 63.4 Å². The summed E-state index contributed by atoms with van der Waals surface area (Å²) < 4.78 is 27.6. The third-order valence-corrected chi connectivity index (χ3v) is 6.75. The summed E-state index contributed by atoms with van der Waals surface area (Å²) in [5.74, 6) is 0. The molecule has 6 heteroatoms. The minimum Gasteiger partial charge on any atom is -0.399 e. The van der Waals surface area contributed by atoms with Crippen molar-refractivity contribution >= 4 is 31.6 Å². The van der Waals surface area contributed by atoms with Gasteiger partial charge in [0.05, 0.1) is 4.90 Å². The summed E-state index contributed by atoms with van der Waals surface area (Å²) in [6, 6.07) is 4.83. The molecule has 1 aliphatic heterocycles. The van der Waals surface area contributed by atoms with Crippen molar-refractivity contribution in [3.8, 4) is 0 Å². The van der Waals surface area contributed by atoms with Gasteiger partial charge in [0.25, 0.3) is 0 Å². The smallest absolute Gasteiger partial charge is 0.244 e. The minimum atomic E-state index is -3.45. The molecule has 1 aliphatic rings. The number of rotatable bonds is 2. The Hall–Kier alpha value is -0.590. The third kappa shape index (κ3) is 3.35. The zero-order chi connectivity index (χ0) is 15.0. The zero-order valence-corrected chi connectivity index (χ0v) is 14.3. The van der Waals surface area contributed by atoms with Crippen molar-refractivity contribution in [1.82, 2.24) is 4.31 Å².